The van der Waals surface area contributed by atoms with Gasteiger partial charge in [-0.05, 0) is 0 Å². The minimum atomic E-state index is -1.04. The third-order valence-corrected chi connectivity index (χ3v) is 2.47. The van der Waals surface area contributed by atoms with Crippen LogP contribution in [0, 0.1) is 0 Å². The molecule has 136 valence electrons. The molecule has 0 rings (SSSR count). The van der Waals surface area contributed by atoms with Crippen molar-refractivity contribution in [3.63, 3.8) is 0 Å². The van der Waals surface area contributed by atoms with Crippen LogP contribution in [-0.4, -0.2) is 55.9 Å². The molecule has 0 fully saturated rings. The molecule has 0 saturated carbocycles. The lowest BCUT2D eigenvalue weighted by molar-refractivity contribution is -0.140. The minimum absolute atomic E-state index is 0.0807. The molecule has 0 aromatic rings. The summed E-state index contributed by atoms with van der Waals surface area (Å²) in [6.45, 7) is 0. The van der Waals surface area contributed by atoms with Gasteiger partial charge in [-0.15, -0.1) is 0 Å². The summed E-state index contributed by atoms with van der Waals surface area (Å²) in [5, 5.41) is 32.7. The molecule has 0 aliphatic heterocycles. The maximum absolute atomic E-state index is 10.7. The zero-order valence-corrected chi connectivity index (χ0v) is 12.9. The topological polar surface area (TPSA) is 183 Å². The van der Waals surface area contributed by atoms with Crippen LogP contribution in [0.4, 0.5) is 0 Å². The molecular weight excluding hydrogens is 328 g/mol. The second kappa shape index (κ2) is 13.9. The van der Waals surface area contributed by atoms with E-state index < -0.39 is 23.9 Å². The zero-order valence-electron chi connectivity index (χ0n) is 12.9. The number of carboxylic acids is 4. The number of hydrogen-bond donors (Lipinski definition) is 4. The van der Waals surface area contributed by atoms with Crippen molar-refractivity contribution >= 4 is 35.4 Å². The maximum Gasteiger partial charge on any atom is 0.303 e. The van der Waals surface area contributed by atoms with Crippen molar-refractivity contribution in [3.05, 3.63) is 0 Å². The fourth-order valence-electron chi connectivity index (χ4n) is 1.24. The number of carboxylic acid groups (broad SMARTS) is 4. The van der Waals surface area contributed by atoms with Gasteiger partial charge >= 0.3 is 23.9 Å². The first-order chi connectivity index (χ1) is 11.0. The van der Waals surface area contributed by atoms with Gasteiger partial charge in [0.15, 0.2) is 0 Å². The molecule has 0 aromatic heterocycles. The van der Waals surface area contributed by atoms with Gasteiger partial charge < -0.3 is 20.4 Å². The Balaban J connectivity index is 0. The summed E-state index contributed by atoms with van der Waals surface area (Å²) in [5.74, 6) is -4.81. The standard InChI is InChI=1S/2C7H10O5/c2*8-5(1-3-6(9)10)2-4-7(11)12/h2*1-4H2,(H,9,10)(H,11,12). The van der Waals surface area contributed by atoms with Crippen molar-refractivity contribution in [1.82, 2.24) is 0 Å². The van der Waals surface area contributed by atoms with Gasteiger partial charge in [0.1, 0.15) is 11.6 Å². The minimum Gasteiger partial charge on any atom is -0.481 e. The molecule has 4 N–H and O–H groups in total. The second-order valence-corrected chi connectivity index (χ2v) is 4.65. The van der Waals surface area contributed by atoms with Crippen molar-refractivity contribution in [1.29, 1.82) is 0 Å². The van der Waals surface area contributed by atoms with Crippen molar-refractivity contribution in [2.24, 2.45) is 0 Å². The normalized spacial score (nSPS) is 9.33. The Bertz CT molecular complexity index is 396. The Morgan fingerprint density at radius 1 is 0.375 bits per heavy atom. The Morgan fingerprint density at radius 3 is 0.667 bits per heavy atom. The molecule has 0 aliphatic carbocycles. The summed E-state index contributed by atoms with van der Waals surface area (Å²) in [7, 11) is 0. The molecule has 0 radical (unpaired) electrons. The van der Waals surface area contributed by atoms with Crippen LogP contribution in [0.1, 0.15) is 51.4 Å². The quantitative estimate of drug-likeness (QED) is 0.388. The summed E-state index contributed by atoms with van der Waals surface area (Å²) in [6, 6.07) is 0. The predicted octanol–water partition coefficient (Wildman–Crippen LogP) is 0.570. The number of ketones is 2. The lowest BCUT2D eigenvalue weighted by Crippen LogP contribution is -2.05. The number of aliphatic carboxylic acids is 4. The van der Waals surface area contributed by atoms with Crippen LogP contribution < -0.4 is 0 Å². The fraction of sp³-hybridized carbons (Fsp3) is 0.571. The van der Waals surface area contributed by atoms with Gasteiger partial charge in [0.25, 0.3) is 0 Å². The van der Waals surface area contributed by atoms with Crippen LogP contribution in [0.3, 0.4) is 0 Å². The lowest BCUT2D eigenvalue weighted by Gasteiger charge is -1.94. The summed E-state index contributed by atoms with van der Waals surface area (Å²) in [5.41, 5.74) is 0. The molecule has 10 heteroatoms. The molecule has 0 saturated heterocycles. The third-order valence-electron chi connectivity index (χ3n) is 2.47. The summed E-state index contributed by atoms with van der Waals surface area (Å²) >= 11 is 0. The fourth-order valence-corrected chi connectivity index (χ4v) is 1.24. The Labute approximate surface area is 137 Å². The Kier molecular flexibility index (Phi) is 13.6. The van der Waals surface area contributed by atoms with Gasteiger partial charge in [0, 0.05) is 25.7 Å². The van der Waals surface area contributed by atoms with Crippen LogP contribution in [0.2, 0.25) is 0 Å². The SMILES string of the molecule is O=C(O)CCC(=O)CCC(=O)O.O=C(O)CCC(=O)CCC(=O)O. The van der Waals surface area contributed by atoms with E-state index in [1.807, 2.05) is 0 Å². The lowest BCUT2D eigenvalue weighted by atomic mass is 10.1. The van der Waals surface area contributed by atoms with Crippen LogP contribution in [0.5, 0.6) is 0 Å². The number of carbonyl (C=O) groups excluding carboxylic acids is 2. The van der Waals surface area contributed by atoms with E-state index in [1.165, 1.54) is 0 Å². The molecule has 0 aliphatic rings. The summed E-state index contributed by atoms with van der Waals surface area (Å²) < 4.78 is 0. The van der Waals surface area contributed by atoms with Gasteiger partial charge in [-0.1, -0.05) is 0 Å². The van der Waals surface area contributed by atoms with Crippen LogP contribution in [0.15, 0.2) is 0 Å². The highest BCUT2D eigenvalue weighted by atomic mass is 16.4. The first kappa shape index (κ1) is 23.5. The van der Waals surface area contributed by atoms with Gasteiger partial charge in [-0.2, -0.15) is 0 Å². The highest BCUT2D eigenvalue weighted by molar-refractivity contribution is 5.85. The molecule has 10 nitrogen and oxygen atoms in total. The monoisotopic (exact) mass is 348 g/mol. The van der Waals surface area contributed by atoms with E-state index in [1.54, 1.807) is 0 Å². The second-order valence-electron chi connectivity index (χ2n) is 4.65. The first-order valence-electron chi connectivity index (χ1n) is 6.95. The highest BCUT2D eigenvalue weighted by Crippen LogP contribution is 1.99. The van der Waals surface area contributed by atoms with E-state index in [-0.39, 0.29) is 62.9 Å². The first-order valence-corrected chi connectivity index (χ1v) is 6.95. The summed E-state index contributed by atoms with van der Waals surface area (Å²) in [6.07, 6.45) is -1.22. The van der Waals surface area contributed by atoms with Crippen LogP contribution >= 0.6 is 0 Å². The van der Waals surface area contributed by atoms with E-state index in [9.17, 15) is 28.8 Å². The number of rotatable bonds is 12. The smallest absolute Gasteiger partial charge is 0.303 e. The van der Waals surface area contributed by atoms with Gasteiger partial charge in [-0.25, -0.2) is 0 Å². The number of hydrogen-bond acceptors (Lipinski definition) is 6. The molecule has 0 spiro atoms. The van der Waals surface area contributed by atoms with Gasteiger partial charge in [-0.3, -0.25) is 28.8 Å². The molecule has 0 amide bonds. The molecule has 0 aromatic carbocycles. The third kappa shape index (κ3) is 21.5. The van der Waals surface area contributed by atoms with Crippen molar-refractivity contribution in [2.75, 3.05) is 0 Å². The largest absolute Gasteiger partial charge is 0.481 e. The zero-order chi connectivity index (χ0) is 19.1. The number of carbonyl (C=O) groups is 6. The highest BCUT2D eigenvalue weighted by Gasteiger charge is 2.08. The van der Waals surface area contributed by atoms with Crippen LogP contribution in [-0.2, 0) is 28.8 Å². The van der Waals surface area contributed by atoms with Gasteiger partial charge in [0.2, 0.25) is 0 Å². The molecular formula is C14H20O10. The molecule has 0 atom stereocenters. The predicted molar refractivity (Wildman–Crippen MR) is 77.5 cm³/mol. The van der Waals surface area contributed by atoms with Crippen molar-refractivity contribution < 1.29 is 49.2 Å². The van der Waals surface area contributed by atoms with Crippen molar-refractivity contribution in [2.45, 2.75) is 51.4 Å². The van der Waals surface area contributed by atoms with Gasteiger partial charge in [0.05, 0.1) is 25.7 Å². The maximum atomic E-state index is 10.7. The molecule has 0 bridgehead atoms. The molecule has 24 heavy (non-hydrogen) atoms. The molecule has 0 unspecified atom stereocenters. The van der Waals surface area contributed by atoms with Crippen molar-refractivity contribution in [3.8, 4) is 0 Å². The van der Waals surface area contributed by atoms with E-state index in [4.69, 9.17) is 20.4 Å². The van der Waals surface area contributed by atoms with E-state index in [0.717, 1.165) is 0 Å². The number of Topliss-reactive ketones (excluding diaryl/α,β-unsaturated/α-hetero) is 2. The Morgan fingerprint density at radius 2 is 0.542 bits per heavy atom. The van der Waals surface area contributed by atoms with E-state index in [2.05, 4.69) is 0 Å². The summed E-state index contributed by atoms with van der Waals surface area (Å²) in [4.78, 5) is 61.3. The average molecular weight is 348 g/mol. The van der Waals surface area contributed by atoms with Crippen LogP contribution in [0.25, 0.3) is 0 Å². The average Bonchev–Trinajstić information content (AvgIpc) is 2.47. The van der Waals surface area contributed by atoms with E-state index >= 15 is 0 Å². The molecule has 0 heterocycles. The Hall–Kier alpha value is -2.78. The van der Waals surface area contributed by atoms with E-state index in [0.29, 0.717) is 0 Å².